The van der Waals surface area contributed by atoms with Gasteiger partial charge in [-0.25, -0.2) is 4.79 Å². The average Bonchev–Trinajstić information content (AvgIpc) is 2.15. The molecule has 0 heterocycles. The molecule has 0 fully saturated rings. The highest BCUT2D eigenvalue weighted by Gasteiger charge is 2.08. The fourth-order valence-corrected chi connectivity index (χ4v) is 0.932. The first kappa shape index (κ1) is 13.2. The third kappa shape index (κ3) is 6.68. The number of nitrogens with two attached hydrogens (primary N) is 1. The maximum absolute atomic E-state index is 10.9. The largest absolute Gasteiger partial charge is 0.380 e. The van der Waals surface area contributed by atoms with Gasteiger partial charge in [-0.2, -0.15) is 0 Å². The van der Waals surface area contributed by atoms with Crippen molar-refractivity contribution in [3.8, 4) is 0 Å². The van der Waals surface area contributed by atoms with Crippen molar-refractivity contribution in [3.05, 3.63) is 6.61 Å². The van der Waals surface area contributed by atoms with Crippen molar-refractivity contribution in [1.82, 2.24) is 4.90 Å². The monoisotopic (exact) mass is 203 g/mol. The van der Waals surface area contributed by atoms with Crippen LogP contribution in [0.2, 0.25) is 0 Å². The second-order valence-electron chi connectivity index (χ2n) is 2.63. The van der Waals surface area contributed by atoms with Crippen LogP contribution in [0.3, 0.4) is 0 Å². The Morgan fingerprint density at radius 2 is 2.07 bits per heavy atom. The van der Waals surface area contributed by atoms with Crippen molar-refractivity contribution >= 4 is 6.03 Å². The van der Waals surface area contributed by atoms with Crippen LogP contribution in [0.5, 0.6) is 0 Å². The fourth-order valence-electron chi connectivity index (χ4n) is 0.932. The van der Waals surface area contributed by atoms with Crippen LogP contribution in [0.25, 0.3) is 0 Å². The summed E-state index contributed by atoms with van der Waals surface area (Å²) >= 11 is 0. The zero-order chi connectivity index (χ0) is 10.8. The SMILES string of the molecule is C[CH]OCCN(CCOCC)C(N)=O. The number of amides is 2. The lowest BCUT2D eigenvalue weighted by molar-refractivity contribution is 0.107. The van der Waals surface area contributed by atoms with Gasteiger partial charge >= 0.3 is 6.03 Å². The molecule has 0 unspecified atom stereocenters. The molecule has 1 radical (unpaired) electrons. The minimum atomic E-state index is -0.440. The van der Waals surface area contributed by atoms with Gasteiger partial charge in [0.1, 0.15) is 0 Å². The lowest BCUT2D eigenvalue weighted by atomic mass is 10.5. The highest BCUT2D eigenvalue weighted by atomic mass is 16.5. The van der Waals surface area contributed by atoms with Crippen LogP contribution in [0.1, 0.15) is 13.8 Å². The van der Waals surface area contributed by atoms with Gasteiger partial charge < -0.3 is 20.1 Å². The van der Waals surface area contributed by atoms with Crippen molar-refractivity contribution in [1.29, 1.82) is 0 Å². The minimum Gasteiger partial charge on any atom is -0.380 e. The van der Waals surface area contributed by atoms with Gasteiger partial charge in [-0.05, 0) is 13.8 Å². The Kier molecular flexibility index (Phi) is 8.27. The summed E-state index contributed by atoms with van der Waals surface area (Å²) in [5.74, 6) is 0. The molecular formula is C9H19N2O3. The van der Waals surface area contributed by atoms with Crippen molar-refractivity contribution in [2.75, 3.05) is 32.9 Å². The summed E-state index contributed by atoms with van der Waals surface area (Å²) < 4.78 is 10.1. The minimum absolute atomic E-state index is 0.440. The van der Waals surface area contributed by atoms with Gasteiger partial charge in [-0.1, -0.05) is 0 Å². The number of hydrogen-bond acceptors (Lipinski definition) is 3. The Hall–Kier alpha value is -0.810. The molecule has 0 saturated heterocycles. The number of carbonyl (C=O) groups excluding carboxylic acids is 1. The van der Waals surface area contributed by atoms with Crippen LogP contribution in [-0.2, 0) is 9.47 Å². The van der Waals surface area contributed by atoms with E-state index in [9.17, 15) is 4.79 Å². The third-order valence-corrected chi connectivity index (χ3v) is 1.67. The molecule has 5 heteroatoms. The normalized spacial score (nSPS) is 10.1. The van der Waals surface area contributed by atoms with Gasteiger partial charge in [-0.15, -0.1) is 0 Å². The molecule has 0 aromatic rings. The predicted molar refractivity (Wildman–Crippen MR) is 53.6 cm³/mol. The second kappa shape index (κ2) is 8.77. The molecular weight excluding hydrogens is 184 g/mol. The smallest absolute Gasteiger partial charge is 0.314 e. The number of nitrogens with zero attached hydrogens (tertiary/aromatic N) is 1. The number of hydrogen-bond donors (Lipinski definition) is 1. The summed E-state index contributed by atoms with van der Waals surface area (Å²) in [4.78, 5) is 12.4. The van der Waals surface area contributed by atoms with E-state index < -0.39 is 6.03 Å². The van der Waals surface area contributed by atoms with E-state index in [1.807, 2.05) is 6.92 Å². The van der Waals surface area contributed by atoms with Crippen molar-refractivity contribution in [2.45, 2.75) is 13.8 Å². The number of urea groups is 1. The van der Waals surface area contributed by atoms with E-state index in [1.165, 1.54) is 4.90 Å². The zero-order valence-electron chi connectivity index (χ0n) is 8.86. The van der Waals surface area contributed by atoms with Crippen LogP contribution in [0.4, 0.5) is 4.79 Å². The predicted octanol–water partition coefficient (Wildman–Crippen LogP) is 0.602. The van der Waals surface area contributed by atoms with Crippen LogP contribution >= 0.6 is 0 Å². The summed E-state index contributed by atoms with van der Waals surface area (Å²) in [6, 6.07) is -0.440. The molecule has 0 aromatic heterocycles. The maximum Gasteiger partial charge on any atom is 0.314 e. The van der Waals surface area contributed by atoms with Gasteiger partial charge in [0.05, 0.1) is 19.8 Å². The van der Waals surface area contributed by atoms with Crippen LogP contribution in [-0.4, -0.2) is 43.8 Å². The Bertz CT molecular complexity index is 143. The lowest BCUT2D eigenvalue weighted by Gasteiger charge is -2.19. The molecule has 0 rings (SSSR count). The summed E-state index contributed by atoms with van der Waals surface area (Å²) in [6.07, 6.45) is 0. The van der Waals surface area contributed by atoms with E-state index in [1.54, 1.807) is 13.5 Å². The first-order valence-electron chi connectivity index (χ1n) is 4.74. The van der Waals surface area contributed by atoms with Crippen molar-refractivity contribution < 1.29 is 14.3 Å². The molecule has 0 atom stereocenters. The molecule has 2 amide bonds. The van der Waals surface area contributed by atoms with E-state index in [2.05, 4.69) is 0 Å². The molecule has 0 aliphatic carbocycles. The van der Waals surface area contributed by atoms with Crippen molar-refractivity contribution in [2.24, 2.45) is 5.73 Å². The number of carbonyl (C=O) groups is 1. The number of primary amides is 1. The lowest BCUT2D eigenvalue weighted by Crippen LogP contribution is -2.40. The molecule has 0 aliphatic rings. The van der Waals surface area contributed by atoms with Gasteiger partial charge in [0, 0.05) is 19.7 Å². The topological polar surface area (TPSA) is 64.8 Å². The average molecular weight is 203 g/mol. The molecule has 0 aromatic carbocycles. The molecule has 0 saturated carbocycles. The highest BCUT2D eigenvalue weighted by molar-refractivity contribution is 5.71. The van der Waals surface area contributed by atoms with Gasteiger partial charge in [0.2, 0.25) is 0 Å². The van der Waals surface area contributed by atoms with E-state index in [0.717, 1.165) is 0 Å². The van der Waals surface area contributed by atoms with E-state index in [0.29, 0.717) is 32.9 Å². The Morgan fingerprint density at radius 1 is 1.43 bits per heavy atom. The molecule has 0 bridgehead atoms. The van der Waals surface area contributed by atoms with E-state index >= 15 is 0 Å². The molecule has 0 spiro atoms. The summed E-state index contributed by atoms with van der Waals surface area (Å²) in [7, 11) is 0. The summed E-state index contributed by atoms with van der Waals surface area (Å²) in [6.45, 7) is 7.90. The van der Waals surface area contributed by atoms with E-state index in [-0.39, 0.29) is 0 Å². The molecule has 83 valence electrons. The molecule has 2 N–H and O–H groups in total. The van der Waals surface area contributed by atoms with Crippen molar-refractivity contribution in [3.63, 3.8) is 0 Å². The van der Waals surface area contributed by atoms with Crippen LogP contribution in [0.15, 0.2) is 0 Å². The number of ether oxygens (including phenoxy) is 2. The second-order valence-corrected chi connectivity index (χ2v) is 2.63. The highest BCUT2D eigenvalue weighted by Crippen LogP contribution is 1.90. The Morgan fingerprint density at radius 3 is 2.57 bits per heavy atom. The van der Waals surface area contributed by atoms with Crippen LogP contribution < -0.4 is 5.73 Å². The van der Waals surface area contributed by atoms with Crippen LogP contribution in [0, 0.1) is 6.61 Å². The zero-order valence-corrected chi connectivity index (χ0v) is 8.86. The van der Waals surface area contributed by atoms with Gasteiger partial charge in [0.25, 0.3) is 0 Å². The summed E-state index contributed by atoms with van der Waals surface area (Å²) in [5, 5.41) is 0. The molecule has 14 heavy (non-hydrogen) atoms. The summed E-state index contributed by atoms with van der Waals surface area (Å²) in [5.41, 5.74) is 5.17. The first-order chi connectivity index (χ1) is 6.72. The fraction of sp³-hybridized carbons (Fsp3) is 0.778. The standard InChI is InChI=1S/C9H19N2O3/c1-3-13-7-5-11(9(10)12)6-8-14-4-2/h3H,4-8H2,1-2H3,(H2,10,12). The quantitative estimate of drug-likeness (QED) is 0.587. The van der Waals surface area contributed by atoms with Gasteiger partial charge in [0.15, 0.2) is 0 Å². The first-order valence-corrected chi connectivity index (χ1v) is 4.74. The Balaban J connectivity index is 3.61. The Labute approximate surface area is 85.1 Å². The van der Waals surface area contributed by atoms with E-state index in [4.69, 9.17) is 15.2 Å². The van der Waals surface area contributed by atoms with Gasteiger partial charge in [-0.3, -0.25) is 0 Å². The number of rotatable bonds is 8. The molecule has 0 aliphatic heterocycles. The third-order valence-electron chi connectivity index (χ3n) is 1.67. The maximum atomic E-state index is 10.9. The molecule has 5 nitrogen and oxygen atoms in total.